The monoisotopic (exact) mass is 444 g/mol. The van der Waals surface area contributed by atoms with Gasteiger partial charge in [0.05, 0.1) is 10.5 Å². The minimum Gasteiger partial charge on any atom is -0.449 e. The van der Waals surface area contributed by atoms with Crippen LogP contribution in [0.2, 0.25) is 0 Å². The Balaban J connectivity index is 1.72. The topological polar surface area (TPSA) is 92.8 Å². The van der Waals surface area contributed by atoms with Crippen LogP contribution in [0, 0.1) is 13.8 Å². The van der Waals surface area contributed by atoms with E-state index in [9.17, 15) is 18.0 Å². The number of ether oxygens (including phenoxy) is 1. The Morgan fingerprint density at radius 1 is 1.00 bits per heavy atom. The highest BCUT2D eigenvalue weighted by molar-refractivity contribution is 7.89. The van der Waals surface area contributed by atoms with E-state index in [1.54, 1.807) is 25.1 Å². The maximum atomic E-state index is 12.9. The molecule has 1 aliphatic heterocycles. The summed E-state index contributed by atoms with van der Waals surface area (Å²) in [5.41, 5.74) is 2.37. The molecule has 1 saturated heterocycles. The van der Waals surface area contributed by atoms with E-state index in [1.807, 2.05) is 19.1 Å². The molecule has 0 bridgehead atoms. The van der Waals surface area contributed by atoms with Crippen LogP contribution in [0.15, 0.2) is 47.4 Å². The molecule has 0 aliphatic carbocycles. The van der Waals surface area contributed by atoms with Gasteiger partial charge in [-0.3, -0.25) is 4.79 Å². The molecule has 1 N–H and O–H groups in total. The van der Waals surface area contributed by atoms with Gasteiger partial charge in [-0.15, -0.1) is 0 Å². The summed E-state index contributed by atoms with van der Waals surface area (Å²) in [5, 5.41) is 2.70. The number of carbonyl (C=O) groups excluding carboxylic acids is 2. The third-order valence-corrected chi connectivity index (χ3v) is 7.25. The second-order valence-electron chi connectivity index (χ2n) is 7.84. The van der Waals surface area contributed by atoms with Gasteiger partial charge in [-0.2, -0.15) is 4.31 Å². The van der Waals surface area contributed by atoms with Crippen molar-refractivity contribution in [3.05, 3.63) is 59.2 Å². The number of nitrogens with one attached hydrogen (secondary N) is 1. The molecule has 0 radical (unpaired) electrons. The van der Waals surface area contributed by atoms with Crippen molar-refractivity contribution in [3.63, 3.8) is 0 Å². The molecule has 2 aromatic carbocycles. The molecule has 1 aliphatic rings. The number of benzene rings is 2. The number of rotatable bonds is 6. The molecule has 7 nitrogen and oxygen atoms in total. The SMILES string of the molecule is Cc1ccc(NC(=O)C(C)OC(=O)c2cc(S(=O)(=O)N3CCCCC3)ccc2C)cc1. The van der Waals surface area contributed by atoms with E-state index in [1.165, 1.54) is 23.4 Å². The van der Waals surface area contributed by atoms with E-state index in [4.69, 9.17) is 4.74 Å². The number of carbonyl (C=O) groups is 2. The van der Waals surface area contributed by atoms with Gasteiger partial charge in [-0.25, -0.2) is 13.2 Å². The second-order valence-corrected chi connectivity index (χ2v) is 9.78. The standard InChI is InChI=1S/C23H28N2O5S/c1-16-7-10-19(11-8-16)24-22(26)18(3)30-23(27)21-15-20(12-9-17(21)2)31(28,29)25-13-5-4-6-14-25/h7-12,15,18H,4-6,13-14H2,1-3H3,(H,24,26). The van der Waals surface area contributed by atoms with E-state index in [0.717, 1.165) is 24.8 Å². The van der Waals surface area contributed by atoms with E-state index >= 15 is 0 Å². The molecule has 1 amide bonds. The lowest BCUT2D eigenvalue weighted by Gasteiger charge is -2.26. The lowest BCUT2D eigenvalue weighted by molar-refractivity contribution is -0.123. The fourth-order valence-corrected chi connectivity index (χ4v) is 4.94. The number of hydrogen-bond acceptors (Lipinski definition) is 5. The summed E-state index contributed by atoms with van der Waals surface area (Å²) in [7, 11) is -3.68. The predicted octanol–water partition coefficient (Wildman–Crippen LogP) is 3.66. The maximum absolute atomic E-state index is 12.9. The number of nitrogens with zero attached hydrogens (tertiary/aromatic N) is 1. The Labute approximate surface area is 183 Å². The van der Waals surface area contributed by atoms with Crippen molar-refractivity contribution in [3.8, 4) is 0 Å². The molecule has 1 unspecified atom stereocenters. The van der Waals surface area contributed by atoms with E-state index < -0.39 is 28.0 Å². The van der Waals surface area contributed by atoms with Crippen LogP contribution in [0.25, 0.3) is 0 Å². The summed E-state index contributed by atoms with van der Waals surface area (Å²) in [5.74, 6) is -1.20. The summed E-state index contributed by atoms with van der Waals surface area (Å²) in [6.45, 7) is 6.08. The first kappa shape index (κ1) is 23.0. The van der Waals surface area contributed by atoms with Crippen molar-refractivity contribution in [2.45, 2.75) is 51.0 Å². The number of hydrogen-bond donors (Lipinski definition) is 1. The molecule has 1 heterocycles. The smallest absolute Gasteiger partial charge is 0.339 e. The fourth-order valence-electron chi connectivity index (χ4n) is 3.39. The summed E-state index contributed by atoms with van der Waals surface area (Å²) in [6.07, 6.45) is 1.62. The molecular formula is C23H28N2O5S. The van der Waals surface area contributed by atoms with Crippen molar-refractivity contribution >= 4 is 27.6 Å². The van der Waals surface area contributed by atoms with Crippen LogP contribution in [0.3, 0.4) is 0 Å². The van der Waals surface area contributed by atoms with Crippen LogP contribution in [0.1, 0.15) is 47.7 Å². The highest BCUT2D eigenvalue weighted by Gasteiger charge is 2.28. The third kappa shape index (κ3) is 5.51. The van der Waals surface area contributed by atoms with E-state index in [0.29, 0.717) is 24.3 Å². The molecule has 1 atom stereocenters. The highest BCUT2D eigenvalue weighted by Crippen LogP contribution is 2.23. The minimum absolute atomic E-state index is 0.0590. The number of piperidine rings is 1. The quantitative estimate of drug-likeness (QED) is 0.687. The van der Waals surface area contributed by atoms with Gasteiger partial charge in [0.1, 0.15) is 0 Å². The van der Waals surface area contributed by atoms with Crippen molar-refractivity contribution < 1.29 is 22.7 Å². The lowest BCUT2D eigenvalue weighted by atomic mass is 10.1. The second kappa shape index (κ2) is 9.62. The van der Waals surface area contributed by atoms with E-state index in [-0.39, 0.29) is 10.5 Å². The highest BCUT2D eigenvalue weighted by atomic mass is 32.2. The Kier molecular flexibility index (Phi) is 7.12. The zero-order valence-corrected chi connectivity index (χ0v) is 18.9. The van der Waals surface area contributed by atoms with Crippen molar-refractivity contribution in [2.24, 2.45) is 0 Å². The van der Waals surface area contributed by atoms with Gasteiger partial charge in [-0.05, 0) is 63.4 Å². The average Bonchev–Trinajstić information content (AvgIpc) is 2.76. The van der Waals surface area contributed by atoms with Gasteiger partial charge in [-0.1, -0.05) is 30.2 Å². The normalized spacial score (nSPS) is 15.8. The molecule has 1 fully saturated rings. The summed E-state index contributed by atoms with van der Waals surface area (Å²) in [6, 6.07) is 11.7. The first-order chi connectivity index (χ1) is 14.7. The summed E-state index contributed by atoms with van der Waals surface area (Å²) < 4.78 is 32.7. The lowest BCUT2D eigenvalue weighted by Crippen LogP contribution is -2.35. The van der Waals surface area contributed by atoms with Crippen molar-refractivity contribution in [2.75, 3.05) is 18.4 Å². The Bertz CT molecular complexity index is 1060. The molecule has 0 saturated carbocycles. The van der Waals surface area contributed by atoms with Crippen LogP contribution >= 0.6 is 0 Å². The van der Waals surface area contributed by atoms with Crippen molar-refractivity contribution in [1.29, 1.82) is 0 Å². The van der Waals surface area contributed by atoms with Gasteiger partial charge >= 0.3 is 5.97 Å². The molecular weight excluding hydrogens is 416 g/mol. The zero-order chi connectivity index (χ0) is 22.6. The van der Waals surface area contributed by atoms with Gasteiger partial charge in [0.2, 0.25) is 10.0 Å². The summed E-state index contributed by atoms with van der Waals surface area (Å²) >= 11 is 0. The number of esters is 1. The minimum atomic E-state index is -3.68. The van der Waals surface area contributed by atoms with Crippen molar-refractivity contribution in [1.82, 2.24) is 4.31 Å². The molecule has 3 rings (SSSR count). The Hall–Kier alpha value is -2.71. The molecule has 8 heteroatoms. The zero-order valence-electron chi connectivity index (χ0n) is 18.1. The number of sulfonamides is 1. The van der Waals surface area contributed by atoms with Crippen LogP contribution in [-0.2, 0) is 19.6 Å². The number of aryl methyl sites for hydroxylation is 2. The average molecular weight is 445 g/mol. The summed E-state index contributed by atoms with van der Waals surface area (Å²) in [4.78, 5) is 25.2. The maximum Gasteiger partial charge on any atom is 0.339 e. The van der Waals surface area contributed by atoms with Gasteiger partial charge in [0.25, 0.3) is 5.91 Å². The molecule has 31 heavy (non-hydrogen) atoms. The third-order valence-electron chi connectivity index (χ3n) is 5.35. The van der Waals surface area contributed by atoms with Crippen LogP contribution in [0.4, 0.5) is 5.69 Å². The first-order valence-electron chi connectivity index (χ1n) is 10.4. The molecule has 0 spiro atoms. The number of anilines is 1. The molecule has 0 aromatic heterocycles. The largest absolute Gasteiger partial charge is 0.449 e. The Morgan fingerprint density at radius 3 is 2.29 bits per heavy atom. The van der Waals surface area contributed by atoms with Gasteiger partial charge < -0.3 is 10.1 Å². The van der Waals surface area contributed by atoms with Gasteiger partial charge in [0.15, 0.2) is 6.10 Å². The van der Waals surface area contributed by atoms with Crippen LogP contribution in [-0.4, -0.2) is 43.8 Å². The first-order valence-corrected chi connectivity index (χ1v) is 11.8. The van der Waals surface area contributed by atoms with Crippen LogP contribution < -0.4 is 5.32 Å². The van der Waals surface area contributed by atoms with E-state index in [2.05, 4.69) is 5.32 Å². The van der Waals surface area contributed by atoms with Gasteiger partial charge in [0, 0.05) is 18.8 Å². The Morgan fingerprint density at radius 2 is 1.65 bits per heavy atom. The van der Waals surface area contributed by atoms with Crippen LogP contribution in [0.5, 0.6) is 0 Å². The molecule has 2 aromatic rings. The fraction of sp³-hybridized carbons (Fsp3) is 0.391. The molecule has 166 valence electrons. The number of amides is 1. The predicted molar refractivity (Wildman–Crippen MR) is 118 cm³/mol.